The second-order valence-corrected chi connectivity index (χ2v) is 15.0. The first-order valence-corrected chi connectivity index (χ1v) is 19.8. The first kappa shape index (κ1) is 32.4. The minimum Gasteiger partial charge on any atom is -0.309 e. The summed E-state index contributed by atoms with van der Waals surface area (Å²) in [4.78, 5) is 10.4. The van der Waals surface area contributed by atoms with Crippen molar-refractivity contribution in [3.05, 3.63) is 206 Å². The van der Waals surface area contributed by atoms with Crippen molar-refractivity contribution < 1.29 is 0 Å². The predicted molar refractivity (Wildman–Crippen MR) is 242 cm³/mol. The van der Waals surface area contributed by atoms with E-state index in [1.54, 1.807) is 0 Å². The Morgan fingerprint density at radius 1 is 0.345 bits per heavy atom. The summed E-state index contributed by atoms with van der Waals surface area (Å²) in [5.41, 5.74) is 13.1. The van der Waals surface area contributed by atoms with Gasteiger partial charge in [-0.1, -0.05) is 158 Å². The molecular weight excluding hydrogens is 705 g/mol. The van der Waals surface area contributed by atoms with Crippen LogP contribution in [0.15, 0.2) is 206 Å². The van der Waals surface area contributed by atoms with E-state index in [9.17, 15) is 0 Å². The van der Waals surface area contributed by atoms with Gasteiger partial charge in [-0.2, -0.15) is 0 Å². The molecule has 4 nitrogen and oxygen atoms in total. The van der Waals surface area contributed by atoms with E-state index in [1.807, 2.05) is 18.2 Å². The lowest BCUT2D eigenvalue weighted by molar-refractivity contribution is 1.17. The Morgan fingerprint density at radius 2 is 1.05 bits per heavy atom. The second-order valence-electron chi connectivity index (χ2n) is 15.0. The largest absolute Gasteiger partial charge is 0.309 e. The lowest BCUT2D eigenvalue weighted by Crippen LogP contribution is -1.98. The van der Waals surface area contributed by atoms with Crippen LogP contribution in [-0.2, 0) is 0 Å². The molecule has 0 aliphatic rings. The molecule has 12 aromatic rings. The first-order chi connectivity index (χ1) is 28.8. The van der Waals surface area contributed by atoms with Crippen LogP contribution < -0.4 is 0 Å². The van der Waals surface area contributed by atoms with Crippen LogP contribution in [-0.4, -0.2) is 19.1 Å². The van der Waals surface area contributed by atoms with Crippen LogP contribution in [0.2, 0.25) is 0 Å². The number of hydrogen-bond acceptors (Lipinski definition) is 2. The molecule has 3 aromatic heterocycles. The third-order valence-electron chi connectivity index (χ3n) is 11.7. The maximum absolute atomic E-state index is 5.24. The van der Waals surface area contributed by atoms with E-state index in [0.717, 1.165) is 61.5 Å². The van der Waals surface area contributed by atoms with Crippen LogP contribution in [0, 0.1) is 0 Å². The van der Waals surface area contributed by atoms with E-state index in [2.05, 4.69) is 197 Å². The highest BCUT2D eigenvalue weighted by Crippen LogP contribution is 2.43. The molecule has 0 saturated heterocycles. The maximum atomic E-state index is 5.24. The van der Waals surface area contributed by atoms with Gasteiger partial charge in [0.15, 0.2) is 5.82 Å². The molecule has 0 unspecified atom stereocenters. The Hall–Kier alpha value is -7.82. The summed E-state index contributed by atoms with van der Waals surface area (Å²) in [7, 11) is 0. The molecule has 58 heavy (non-hydrogen) atoms. The van der Waals surface area contributed by atoms with E-state index in [1.165, 1.54) is 48.9 Å². The van der Waals surface area contributed by atoms with Crippen LogP contribution in [0.5, 0.6) is 0 Å². The molecule has 0 aliphatic carbocycles. The molecule has 0 spiro atoms. The Bertz CT molecular complexity index is 3550. The van der Waals surface area contributed by atoms with Gasteiger partial charge in [-0.15, -0.1) is 0 Å². The number of nitrogens with zero attached hydrogens (tertiary/aromatic N) is 4. The highest BCUT2D eigenvalue weighted by Gasteiger charge is 2.21. The van der Waals surface area contributed by atoms with Crippen molar-refractivity contribution in [1.82, 2.24) is 19.1 Å². The summed E-state index contributed by atoms with van der Waals surface area (Å²) in [6.45, 7) is 0. The van der Waals surface area contributed by atoms with Crippen molar-refractivity contribution in [3.8, 4) is 45.1 Å². The van der Waals surface area contributed by atoms with Crippen molar-refractivity contribution in [3.63, 3.8) is 0 Å². The lowest BCUT2D eigenvalue weighted by atomic mass is 9.99. The summed E-state index contributed by atoms with van der Waals surface area (Å²) in [5.74, 6) is 0.717. The quantitative estimate of drug-likeness (QED) is 0.176. The van der Waals surface area contributed by atoms with Gasteiger partial charge in [0.05, 0.1) is 33.3 Å². The summed E-state index contributed by atoms with van der Waals surface area (Å²) in [5, 5.41) is 8.41. The predicted octanol–water partition coefficient (Wildman–Crippen LogP) is 14.0. The molecule has 270 valence electrons. The molecule has 3 heterocycles. The number of fused-ring (bicyclic) bond motifs is 9. The Labute approximate surface area is 334 Å². The summed E-state index contributed by atoms with van der Waals surface area (Å²) < 4.78 is 4.86. The molecule has 0 bridgehead atoms. The normalized spacial score (nSPS) is 11.8. The van der Waals surface area contributed by atoms with Crippen LogP contribution >= 0.6 is 0 Å². The zero-order valence-electron chi connectivity index (χ0n) is 31.4. The van der Waals surface area contributed by atoms with Crippen molar-refractivity contribution in [2.75, 3.05) is 0 Å². The van der Waals surface area contributed by atoms with Gasteiger partial charge in [-0.3, -0.25) is 0 Å². The fraction of sp³-hybridized carbons (Fsp3) is 0. The molecule has 12 rings (SSSR count). The van der Waals surface area contributed by atoms with Gasteiger partial charge in [-0.05, 0) is 64.9 Å². The molecule has 9 aromatic carbocycles. The van der Waals surface area contributed by atoms with Crippen LogP contribution in [0.1, 0.15) is 0 Å². The first-order valence-electron chi connectivity index (χ1n) is 19.8. The molecule has 0 aliphatic heterocycles. The van der Waals surface area contributed by atoms with E-state index >= 15 is 0 Å². The SMILES string of the molecule is c1ccc(-c2nc(-c3ccccc3)c3cc(-n4c5cc(-c6cccc7c8ccccc8n(-c8ccccc8)c67)ccc5c5c6ccccc6ccc54)ccc3n2)cc1. The van der Waals surface area contributed by atoms with Gasteiger partial charge in [0.1, 0.15) is 0 Å². The number of hydrogen-bond donors (Lipinski definition) is 0. The van der Waals surface area contributed by atoms with Crippen LogP contribution in [0.4, 0.5) is 0 Å². The minimum absolute atomic E-state index is 0.717. The fourth-order valence-corrected chi connectivity index (χ4v) is 9.12. The lowest BCUT2D eigenvalue weighted by Gasteiger charge is -2.14. The molecule has 0 N–H and O–H groups in total. The van der Waals surface area contributed by atoms with E-state index < -0.39 is 0 Å². The maximum Gasteiger partial charge on any atom is 0.160 e. The molecule has 4 heteroatoms. The van der Waals surface area contributed by atoms with Gasteiger partial charge < -0.3 is 9.13 Å². The molecule has 0 fully saturated rings. The van der Waals surface area contributed by atoms with Crippen molar-refractivity contribution in [1.29, 1.82) is 0 Å². The molecule has 0 saturated carbocycles. The highest BCUT2D eigenvalue weighted by atomic mass is 15.0. The highest BCUT2D eigenvalue weighted by molar-refractivity contribution is 6.22. The van der Waals surface area contributed by atoms with Gasteiger partial charge in [0.25, 0.3) is 0 Å². The van der Waals surface area contributed by atoms with Crippen LogP contribution in [0.25, 0.3) is 110 Å². The summed E-state index contributed by atoms with van der Waals surface area (Å²) in [6.07, 6.45) is 0. The molecular formula is C54H34N4. The smallest absolute Gasteiger partial charge is 0.160 e. The Morgan fingerprint density at radius 3 is 1.88 bits per heavy atom. The zero-order valence-corrected chi connectivity index (χ0v) is 31.4. The van der Waals surface area contributed by atoms with Crippen LogP contribution in [0.3, 0.4) is 0 Å². The Kier molecular flexibility index (Phi) is 7.20. The van der Waals surface area contributed by atoms with E-state index in [-0.39, 0.29) is 0 Å². The second kappa shape index (κ2) is 12.9. The topological polar surface area (TPSA) is 35.6 Å². The van der Waals surface area contributed by atoms with Gasteiger partial charge >= 0.3 is 0 Å². The minimum atomic E-state index is 0.717. The molecule has 0 atom stereocenters. The fourth-order valence-electron chi connectivity index (χ4n) is 9.12. The average Bonchev–Trinajstić information content (AvgIpc) is 3.82. The Balaban J connectivity index is 1.15. The van der Waals surface area contributed by atoms with Gasteiger partial charge in [0, 0.05) is 55.0 Å². The summed E-state index contributed by atoms with van der Waals surface area (Å²) >= 11 is 0. The summed E-state index contributed by atoms with van der Waals surface area (Å²) in [6, 6.07) is 73.9. The number of para-hydroxylation sites is 3. The average molecular weight is 739 g/mol. The molecule has 0 amide bonds. The standard InChI is InChI=1S/C54H34N4/c1-4-16-36(17-5-1)52-46-34-40(29-31-47(46)55-54(56-52)37-18-6-2-7-19-37)57-49-32-28-35-15-10-11-22-41(35)51(49)45-30-27-38(33-50(45)57)42-24-14-25-44-43-23-12-13-26-48(43)58(53(42)44)39-20-8-3-9-21-39/h1-34H. The number of benzene rings is 9. The van der Waals surface area contributed by atoms with Crippen molar-refractivity contribution >= 4 is 65.3 Å². The third kappa shape index (κ3) is 4.95. The van der Waals surface area contributed by atoms with E-state index in [0.29, 0.717) is 0 Å². The van der Waals surface area contributed by atoms with E-state index in [4.69, 9.17) is 9.97 Å². The number of aromatic nitrogens is 4. The monoisotopic (exact) mass is 738 g/mol. The van der Waals surface area contributed by atoms with Crippen molar-refractivity contribution in [2.45, 2.75) is 0 Å². The number of rotatable bonds is 5. The third-order valence-corrected chi connectivity index (χ3v) is 11.7. The zero-order chi connectivity index (χ0) is 38.2. The van der Waals surface area contributed by atoms with Gasteiger partial charge in [-0.25, -0.2) is 9.97 Å². The van der Waals surface area contributed by atoms with Crippen molar-refractivity contribution in [2.24, 2.45) is 0 Å². The molecule has 0 radical (unpaired) electrons. The van der Waals surface area contributed by atoms with Gasteiger partial charge in [0.2, 0.25) is 0 Å².